The number of rotatable bonds is 4. The van der Waals surface area contributed by atoms with Crippen LogP contribution in [0.2, 0.25) is 0 Å². The quantitative estimate of drug-likeness (QED) is 0.565. The van der Waals surface area contributed by atoms with Crippen molar-refractivity contribution in [2.75, 3.05) is 13.8 Å². The lowest BCUT2D eigenvalue weighted by Gasteiger charge is -2.29. The molecule has 156 valence electrons. The number of carbonyl (C=O) groups is 1. The first-order valence-electron chi connectivity index (χ1n) is 10.3. The average Bonchev–Trinajstić information content (AvgIpc) is 3.10. The van der Waals surface area contributed by atoms with Crippen molar-refractivity contribution in [3.05, 3.63) is 94.2 Å². The van der Waals surface area contributed by atoms with Crippen molar-refractivity contribution in [2.45, 2.75) is 20.0 Å². The lowest BCUT2D eigenvalue weighted by Crippen LogP contribution is -2.31. The third-order valence-corrected chi connectivity index (χ3v) is 5.59. The molecule has 0 fully saturated rings. The van der Waals surface area contributed by atoms with Gasteiger partial charge in [0.15, 0.2) is 5.76 Å². The van der Waals surface area contributed by atoms with Crippen molar-refractivity contribution in [3.8, 4) is 17.2 Å². The molecule has 0 N–H and O–H groups in total. The van der Waals surface area contributed by atoms with E-state index in [1.54, 1.807) is 19.3 Å². The third kappa shape index (κ3) is 3.80. The maximum Gasteiger partial charge on any atom is 0.231 e. The van der Waals surface area contributed by atoms with Gasteiger partial charge in [-0.25, -0.2) is 0 Å². The number of hydrogen-bond donors (Lipinski definition) is 0. The summed E-state index contributed by atoms with van der Waals surface area (Å²) in [6, 6.07) is 19.7. The molecule has 0 atom stereocenters. The molecule has 0 radical (unpaired) electrons. The van der Waals surface area contributed by atoms with Gasteiger partial charge in [0.1, 0.15) is 24.0 Å². The van der Waals surface area contributed by atoms with E-state index in [4.69, 9.17) is 14.2 Å². The number of Topliss-reactive ketones (excluding diaryl/α,β-unsaturated/α-hetero) is 1. The zero-order valence-electron chi connectivity index (χ0n) is 17.6. The van der Waals surface area contributed by atoms with Crippen LogP contribution < -0.4 is 14.2 Å². The van der Waals surface area contributed by atoms with E-state index in [1.165, 1.54) is 0 Å². The summed E-state index contributed by atoms with van der Waals surface area (Å²) in [5.41, 5.74) is 4.75. The minimum absolute atomic E-state index is 0.0911. The van der Waals surface area contributed by atoms with E-state index in [1.807, 2.05) is 61.5 Å². The third-order valence-electron chi connectivity index (χ3n) is 5.59. The Kier molecular flexibility index (Phi) is 4.96. The molecule has 0 aromatic heterocycles. The molecule has 2 aliphatic heterocycles. The summed E-state index contributed by atoms with van der Waals surface area (Å²) >= 11 is 0. The molecule has 0 saturated carbocycles. The molecule has 3 aromatic rings. The van der Waals surface area contributed by atoms with E-state index in [0.717, 1.165) is 40.3 Å². The molecule has 2 aliphatic rings. The van der Waals surface area contributed by atoms with E-state index < -0.39 is 0 Å². The van der Waals surface area contributed by atoms with Crippen molar-refractivity contribution in [3.63, 3.8) is 0 Å². The number of allylic oxidation sites excluding steroid dienone is 1. The maximum absolute atomic E-state index is 12.9. The first kappa shape index (κ1) is 19.4. The van der Waals surface area contributed by atoms with Crippen LogP contribution in [-0.2, 0) is 13.1 Å². The fourth-order valence-corrected chi connectivity index (χ4v) is 4.01. The van der Waals surface area contributed by atoms with E-state index >= 15 is 0 Å². The van der Waals surface area contributed by atoms with E-state index in [0.29, 0.717) is 30.3 Å². The van der Waals surface area contributed by atoms with Crippen LogP contribution in [0.5, 0.6) is 17.2 Å². The Morgan fingerprint density at radius 3 is 2.71 bits per heavy atom. The summed E-state index contributed by atoms with van der Waals surface area (Å²) in [5, 5.41) is 0. The van der Waals surface area contributed by atoms with Crippen LogP contribution in [-0.4, -0.2) is 24.5 Å². The van der Waals surface area contributed by atoms with Crippen molar-refractivity contribution < 1.29 is 19.0 Å². The largest absolute Gasteiger partial charge is 0.497 e. The molecular weight excluding hydrogens is 390 g/mol. The standard InChI is InChI=1S/C26H23NO4/c1-17-4-3-5-19(12-17)13-24-25(28)21-10-11-23-22(26(21)31-24)15-27(16-30-23)14-18-6-8-20(29-2)9-7-18/h3-13H,14-16H2,1-2H3/b24-13-. The highest BCUT2D eigenvalue weighted by Crippen LogP contribution is 2.42. The highest BCUT2D eigenvalue weighted by molar-refractivity contribution is 6.15. The Bertz CT molecular complexity index is 1180. The fraction of sp³-hybridized carbons (Fsp3) is 0.192. The summed E-state index contributed by atoms with van der Waals surface area (Å²) in [5.74, 6) is 2.48. The Morgan fingerprint density at radius 1 is 1.10 bits per heavy atom. The lowest BCUT2D eigenvalue weighted by atomic mass is 10.0. The number of hydrogen-bond acceptors (Lipinski definition) is 5. The molecule has 0 aliphatic carbocycles. The van der Waals surface area contributed by atoms with Crippen molar-refractivity contribution >= 4 is 11.9 Å². The molecule has 2 heterocycles. The summed E-state index contributed by atoms with van der Waals surface area (Å²) < 4.78 is 17.3. The molecule has 0 unspecified atom stereocenters. The number of aryl methyl sites for hydroxylation is 1. The van der Waals surface area contributed by atoms with Crippen LogP contribution in [0.15, 0.2) is 66.4 Å². The monoisotopic (exact) mass is 413 g/mol. The van der Waals surface area contributed by atoms with E-state index in [9.17, 15) is 4.79 Å². The predicted molar refractivity (Wildman–Crippen MR) is 118 cm³/mol. The lowest BCUT2D eigenvalue weighted by molar-refractivity contribution is 0.0872. The first-order chi connectivity index (χ1) is 15.1. The second kappa shape index (κ2) is 7.93. The molecule has 0 bridgehead atoms. The van der Waals surface area contributed by atoms with Crippen LogP contribution in [0, 0.1) is 6.92 Å². The number of benzene rings is 3. The second-order valence-electron chi connectivity index (χ2n) is 7.88. The Hall–Kier alpha value is -3.57. The Balaban J connectivity index is 1.40. The highest BCUT2D eigenvalue weighted by atomic mass is 16.5. The Labute approximate surface area is 181 Å². The molecule has 5 nitrogen and oxygen atoms in total. The van der Waals surface area contributed by atoms with Crippen LogP contribution in [0.4, 0.5) is 0 Å². The average molecular weight is 413 g/mol. The Morgan fingerprint density at radius 2 is 1.94 bits per heavy atom. The summed E-state index contributed by atoms with van der Waals surface area (Å²) in [7, 11) is 1.66. The minimum Gasteiger partial charge on any atom is -0.497 e. The second-order valence-corrected chi connectivity index (χ2v) is 7.88. The van der Waals surface area contributed by atoms with Gasteiger partial charge in [-0.1, -0.05) is 42.0 Å². The minimum atomic E-state index is -0.0911. The van der Waals surface area contributed by atoms with Gasteiger partial charge in [0.25, 0.3) is 0 Å². The zero-order valence-corrected chi connectivity index (χ0v) is 17.6. The highest BCUT2D eigenvalue weighted by Gasteiger charge is 2.33. The van der Waals surface area contributed by atoms with Crippen LogP contribution in [0.25, 0.3) is 6.08 Å². The molecule has 5 rings (SSSR count). The van der Waals surface area contributed by atoms with E-state index in [-0.39, 0.29) is 5.78 Å². The number of fused-ring (bicyclic) bond motifs is 3. The van der Waals surface area contributed by atoms with Crippen LogP contribution >= 0.6 is 0 Å². The van der Waals surface area contributed by atoms with Gasteiger partial charge in [0, 0.05) is 13.1 Å². The molecule has 0 amide bonds. The van der Waals surface area contributed by atoms with Crippen molar-refractivity contribution in [1.82, 2.24) is 4.90 Å². The normalized spacial score (nSPS) is 16.5. The van der Waals surface area contributed by atoms with Gasteiger partial charge in [-0.15, -0.1) is 0 Å². The SMILES string of the molecule is COc1ccc(CN2COc3ccc4c(c3C2)O/C(=C\c2cccc(C)c2)C4=O)cc1. The van der Waals surface area contributed by atoms with Gasteiger partial charge >= 0.3 is 0 Å². The molecular formula is C26H23NO4. The van der Waals surface area contributed by atoms with Crippen molar-refractivity contribution in [1.29, 1.82) is 0 Å². The van der Waals surface area contributed by atoms with Gasteiger partial charge in [-0.3, -0.25) is 9.69 Å². The van der Waals surface area contributed by atoms with Gasteiger partial charge in [-0.2, -0.15) is 0 Å². The van der Waals surface area contributed by atoms with Gasteiger partial charge in [-0.05, 0) is 48.4 Å². The molecule has 0 spiro atoms. The number of ketones is 1. The van der Waals surface area contributed by atoms with E-state index in [2.05, 4.69) is 4.90 Å². The van der Waals surface area contributed by atoms with Gasteiger partial charge in [0.05, 0.1) is 18.2 Å². The molecule has 31 heavy (non-hydrogen) atoms. The number of carbonyl (C=O) groups excluding carboxylic acids is 1. The van der Waals surface area contributed by atoms with Gasteiger partial charge in [0.2, 0.25) is 5.78 Å². The smallest absolute Gasteiger partial charge is 0.231 e. The van der Waals surface area contributed by atoms with Gasteiger partial charge < -0.3 is 14.2 Å². The summed E-state index contributed by atoms with van der Waals surface area (Å²) in [6.45, 7) is 3.89. The summed E-state index contributed by atoms with van der Waals surface area (Å²) in [4.78, 5) is 15.1. The van der Waals surface area contributed by atoms with Crippen molar-refractivity contribution in [2.24, 2.45) is 0 Å². The number of ether oxygens (including phenoxy) is 3. The number of methoxy groups -OCH3 is 1. The fourth-order valence-electron chi connectivity index (χ4n) is 4.01. The zero-order chi connectivity index (χ0) is 21.4. The predicted octanol–water partition coefficient (Wildman–Crippen LogP) is 4.97. The topological polar surface area (TPSA) is 48.0 Å². The van der Waals surface area contributed by atoms with Crippen LogP contribution in [0.1, 0.15) is 32.6 Å². The maximum atomic E-state index is 12.9. The molecule has 3 aromatic carbocycles. The molecule has 0 saturated heterocycles. The van der Waals surface area contributed by atoms with Crippen LogP contribution in [0.3, 0.4) is 0 Å². The number of nitrogens with zero attached hydrogens (tertiary/aromatic N) is 1. The first-order valence-corrected chi connectivity index (χ1v) is 10.3. The molecule has 5 heteroatoms. The summed E-state index contributed by atoms with van der Waals surface area (Å²) in [6.07, 6.45) is 1.81.